The van der Waals surface area contributed by atoms with E-state index in [2.05, 4.69) is 5.32 Å². The van der Waals surface area contributed by atoms with E-state index in [1.165, 1.54) is 6.07 Å². The lowest BCUT2D eigenvalue weighted by atomic mass is 9.90. The van der Waals surface area contributed by atoms with Gasteiger partial charge in [-0.2, -0.15) is 0 Å². The van der Waals surface area contributed by atoms with Crippen LogP contribution in [-0.2, 0) is 4.79 Å². The summed E-state index contributed by atoms with van der Waals surface area (Å²) in [5.41, 5.74) is 2.66. The highest BCUT2D eigenvalue weighted by Crippen LogP contribution is 2.28. The van der Waals surface area contributed by atoms with Crippen molar-refractivity contribution in [3.05, 3.63) is 106 Å². The average Bonchev–Trinajstić information content (AvgIpc) is 2.72. The first-order valence-electron chi connectivity index (χ1n) is 9.22. The molecule has 1 amide bonds. The van der Waals surface area contributed by atoms with E-state index in [9.17, 15) is 14.9 Å². The molecule has 3 aromatic carbocycles. The van der Waals surface area contributed by atoms with Gasteiger partial charge in [0.05, 0.1) is 10.8 Å². The second-order valence-corrected chi connectivity index (χ2v) is 6.00. The molecule has 0 aliphatic carbocycles. The highest BCUT2D eigenvalue weighted by atomic mass is 16.6. The Labute approximate surface area is 165 Å². The van der Waals surface area contributed by atoms with Gasteiger partial charge in [-0.05, 0) is 24.1 Å². The molecule has 0 aliphatic rings. The minimum absolute atomic E-state index is 0.0150. The minimum atomic E-state index is -0.502. The molecule has 0 atom stereocenters. The second kappa shape index (κ2) is 10.0. The van der Waals surface area contributed by atoms with Gasteiger partial charge in [0.15, 0.2) is 0 Å². The van der Waals surface area contributed by atoms with E-state index < -0.39 is 10.8 Å². The molecule has 0 aliphatic heterocycles. The van der Waals surface area contributed by atoms with Gasteiger partial charge in [-0.1, -0.05) is 80.6 Å². The van der Waals surface area contributed by atoms with Crippen molar-refractivity contribution < 1.29 is 9.72 Å². The SMILES string of the molecule is CC.Cc1ccc(NC(=O)C(c2ccccc2)c2ccccc2)cc1[N+](=O)[O-]. The van der Waals surface area contributed by atoms with Crippen LogP contribution in [-0.4, -0.2) is 10.8 Å². The zero-order chi connectivity index (χ0) is 20.5. The third kappa shape index (κ3) is 5.04. The van der Waals surface area contributed by atoms with Crippen LogP contribution in [0, 0.1) is 17.0 Å². The lowest BCUT2D eigenvalue weighted by Gasteiger charge is -2.18. The van der Waals surface area contributed by atoms with Gasteiger partial charge in [0.1, 0.15) is 0 Å². The molecule has 5 heteroatoms. The molecular formula is C23H24N2O3. The number of nitro groups is 1. The number of benzene rings is 3. The second-order valence-electron chi connectivity index (χ2n) is 6.00. The number of carbonyl (C=O) groups is 1. The third-order valence-electron chi connectivity index (χ3n) is 4.20. The van der Waals surface area contributed by atoms with E-state index >= 15 is 0 Å². The van der Waals surface area contributed by atoms with Crippen molar-refractivity contribution in [1.82, 2.24) is 0 Å². The zero-order valence-electron chi connectivity index (χ0n) is 16.3. The van der Waals surface area contributed by atoms with Gasteiger partial charge in [-0.15, -0.1) is 0 Å². The molecule has 0 aromatic heterocycles. The normalized spacial score (nSPS) is 10.0. The monoisotopic (exact) mass is 376 g/mol. The van der Waals surface area contributed by atoms with Crippen molar-refractivity contribution in [2.75, 3.05) is 5.32 Å². The Kier molecular flexibility index (Phi) is 7.45. The highest BCUT2D eigenvalue weighted by Gasteiger charge is 2.23. The predicted molar refractivity (Wildman–Crippen MR) is 113 cm³/mol. The number of hydrogen-bond donors (Lipinski definition) is 1. The van der Waals surface area contributed by atoms with Crippen LogP contribution in [0.3, 0.4) is 0 Å². The van der Waals surface area contributed by atoms with E-state index in [4.69, 9.17) is 0 Å². The van der Waals surface area contributed by atoms with Crippen molar-refractivity contribution in [2.24, 2.45) is 0 Å². The smallest absolute Gasteiger partial charge is 0.274 e. The number of rotatable bonds is 5. The van der Waals surface area contributed by atoms with Gasteiger partial charge in [0, 0.05) is 17.3 Å². The standard InChI is InChI=1S/C21H18N2O3.C2H6/c1-15-12-13-18(14-19(15)23(25)26)22-21(24)20(16-8-4-2-5-9-16)17-10-6-3-7-11-17;1-2/h2-14,20H,1H3,(H,22,24);1-2H3. The molecular weight excluding hydrogens is 352 g/mol. The van der Waals surface area contributed by atoms with Gasteiger partial charge in [0.2, 0.25) is 5.91 Å². The van der Waals surface area contributed by atoms with Crippen molar-refractivity contribution in [3.63, 3.8) is 0 Å². The molecule has 0 fully saturated rings. The van der Waals surface area contributed by atoms with Crippen molar-refractivity contribution in [3.8, 4) is 0 Å². The highest BCUT2D eigenvalue weighted by molar-refractivity contribution is 5.98. The molecule has 0 unspecified atom stereocenters. The summed E-state index contributed by atoms with van der Waals surface area (Å²) in [4.78, 5) is 23.7. The maximum Gasteiger partial charge on any atom is 0.274 e. The number of hydrogen-bond acceptors (Lipinski definition) is 3. The summed E-state index contributed by atoms with van der Waals surface area (Å²) >= 11 is 0. The Bertz CT molecular complexity index is 886. The van der Waals surface area contributed by atoms with E-state index in [1.807, 2.05) is 74.5 Å². The van der Waals surface area contributed by atoms with Crippen LogP contribution in [0.25, 0.3) is 0 Å². The Morgan fingerprint density at radius 2 is 1.39 bits per heavy atom. The van der Waals surface area contributed by atoms with Crippen LogP contribution in [0.4, 0.5) is 11.4 Å². The molecule has 28 heavy (non-hydrogen) atoms. The van der Waals surface area contributed by atoms with Crippen LogP contribution in [0.15, 0.2) is 78.9 Å². The quantitative estimate of drug-likeness (QED) is 0.458. The fraction of sp³-hybridized carbons (Fsp3) is 0.174. The van der Waals surface area contributed by atoms with E-state index in [1.54, 1.807) is 19.1 Å². The Balaban J connectivity index is 0.00000136. The number of carbonyl (C=O) groups excluding carboxylic acids is 1. The lowest BCUT2D eigenvalue weighted by Crippen LogP contribution is -2.22. The van der Waals surface area contributed by atoms with Crippen molar-refractivity contribution in [1.29, 1.82) is 0 Å². The first-order valence-corrected chi connectivity index (χ1v) is 9.22. The Morgan fingerprint density at radius 1 is 0.893 bits per heavy atom. The summed E-state index contributed by atoms with van der Waals surface area (Å²) in [5.74, 6) is -0.738. The maximum atomic E-state index is 13.0. The Morgan fingerprint density at radius 3 is 1.86 bits per heavy atom. The number of nitrogens with zero attached hydrogens (tertiary/aromatic N) is 1. The van der Waals surface area contributed by atoms with Crippen LogP contribution < -0.4 is 5.32 Å². The lowest BCUT2D eigenvalue weighted by molar-refractivity contribution is -0.385. The summed E-state index contributed by atoms with van der Waals surface area (Å²) in [6.45, 7) is 5.67. The van der Waals surface area contributed by atoms with E-state index in [0.717, 1.165) is 11.1 Å². The molecule has 0 heterocycles. The topological polar surface area (TPSA) is 72.2 Å². The summed E-state index contributed by atoms with van der Waals surface area (Å²) < 4.78 is 0. The first kappa shape index (κ1) is 20.8. The van der Waals surface area contributed by atoms with Gasteiger partial charge in [-0.3, -0.25) is 14.9 Å². The minimum Gasteiger partial charge on any atom is -0.325 e. The largest absolute Gasteiger partial charge is 0.325 e. The van der Waals surface area contributed by atoms with Crippen molar-refractivity contribution >= 4 is 17.3 Å². The molecule has 1 N–H and O–H groups in total. The maximum absolute atomic E-state index is 13.0. The molecule has 5 nitrogen and oxygen atoms in total. The molecule has 3 aromatic rings. The molecule has 0 saturated carbocycles. The summed E-state index contributed by atoms with van der Waals surface area (Å²) in [7, 11) is 0. The third-order valence-corrected chi connectivity index (χ3v) is 4.20. The van der Waals surface area contributed by atoms with Crippen molar-refractivity contribution in [2.45, 2.75) is 26.7 Å². The fourth-order valence-electron chi connectivity index (χ4n) is 2.88. The number of nitro benzene ring substituents is 1. The van der Waals surface area contributed by atoms with Crippen LogP contribution >= 0.6 is 0 Å². The Hall–Kier alpha value is -3.47. The van der Waals surface area contributed by atoms with Crippen LogP contribution in [0.2, 0.25) is 0 Å². The molecule has 144 valence electrons. The van der Waals surface area contributed by atoms with E-state index in [-0.39, 0.29) is 11.6 Å². The van der Waals surface area contributed by atoms with Gasteiger partial charge in [0.25, 0.3) is 5.69 Å². The summed E-state index contributed by atoms with van der Waals surface area (Å²) in [6, 6.07) is 23.6. The number of aryl methyl sites for hydroxylation is 1. The van der Waals surface area contributed by atoms with E-state index in [0.29, 0.717) is 11.3 Å². The summed E-state index contributed by atoms with van der Waals surface area (Å²) in [6.07, 6.45) is 0. The number of anilines is 1. The molecule has 0 spiro atoms. The van der Waals surface area contributed by atoms with Crippen LogP contribution in [0.1, 0.15) is 36.5 Å². The predicted octanol–water partition coefficient (Wildman–Crippen LogP) is 5.70. The molecule has 0 radical (unpaired) electrons. The first-order chi connectivity index (χ1) is 13.6. The van der Waals surface area contributed by atoms with Gasteiger partial charge in [-0.25, -0.2) is 0 Å². The fourth-order valence-corrected chi connectivity index (χ4v) is 2.88. The molecule has 0 saturated heterocycles. The average molecular weight is 376 g/mol. The number of nitrogens with one attached hydrogen (secondary N) is 1. The van der Waals surface area contributed by atoms with Crippen LogP contribution in [0.5, 0.6) is 0 Å². The van der Waals surface area contributed by atoms with Gasteiger partial charge < -0.3 is 5.32 Å². The van der Waals surface area contributed by atoms with Gasteiger partial charge >= 0.3 is 0 Å². The molecule has 3 rings (SSSR count). The summed E-state index contributed by atoms with van der Waals surface area (Å²) in [5, 5.41) is 13.9. The zero-order valence-corrected chi connectivity index (χ0v) is 16.3. The molecule has 0 bridgehead atoms. The number of amides is 1.